The van der Waals surface area contributed by atoms with Gasteiger partial charge in [0.2, 0.25) is 5.91 Å². The van der Waals surface area contributed by atoms with Gasteiger partial charge in [-0.1, -0.05) is 41.6 Å². The molecule has 0 atom stereocenters. The van der Waals surface area contributed by atoms with Crippen LogP contribution in [0.25, 0.3) is 0 Å². The van der Waals surface area contributed by atoms with E-state index in [9.17, 15) is 4.79 Å². The number of ether oxygens (including phenoxy) is 2. The minimum absolute atomic E-state index is 0.0553. The van der Waals surface area contributed by atoms with Gasteiger partial charge >= 0.3 is 0 Å². The zero-order valence-electron chi connectivity index (χ0n) is 14.6. The lowest BCUT2D eigenvalue weighted by Gasteiger charge is -2.11. The first-order valence-electron chi connectivity index (χ1n) is 8.04. The molecule has 2 aromatic rings. The van der Waals surface area contributed by atoms with Gasteiger partial charge in [0, 0.05) is 0 Å². The molecular formula is C19H19N3O3S. The topological polar surface area (TPSA) is 72.3 Å². The second kappa shape index (κ2) is 8.53. The van der Waals surface area contributed by atoms with Gasteiger partial charge in [-0.3, -0.25) is 4.79 Å². The third-order valence-electron chi connectivity index (χ3n) is 3.61. The molecular weight excluding hydrogens is 350 g/mol. The van der Waals surface area contributed by atoms with Crippen LogP contribution in [0.15, 0.2) is 52.7 Å². The molecule has 6 nitrogen and oxygen atoms in total. The van der Waals surface area contributed by atoms with Crippen LogP contribution in [-0.2, 0) is 11.4 Å². The Morgan fingerprint density at radius 3 is 2.85 bits per heavy atom. The number of aryl methyl sites for hydroxylation is 1. The summed E-state index contributed by atoms with van der Waals surface area (Å²) in [6, 6.07) is 13.7. The van der Waals surface area contributed by atoms with Gasteiger partial charge in [-0.25, -0.2) is 0 Å². The van der Waals surface area contributed by atoms with Crippen molar-refractivity contribution < 1.29 is 14.3 Å². The number of nitrogens with zero attached hydrogens (tertiary/aromatic N) is 2. The van der Waals surface area contributed by atoms with E-state index in [1.165, 1.54) is 17.3 Å². The maximum Gasteiger partial charge on any atom is 0.236 e. The number of hydrogen-bond acceptors (Lipinski definition) is 6. The van der Waals surface area contributed by atoms with Crippen molar-refractivity contribution in [2.24, 2.45) is 10.2 Å². The van der Waals surface area contributed by atoms with Gasteiger partial charge < -0.3 is 14.8 Å². The molecule has 1 aliphatic heterocycles. The van der Waals surface area contributed by atoms with Crippen LogP contribution < -0.4 is 14.8 Å². The summed E-state index contributed by atoms with van der Waals surface area (Å²) in [6.07, 6.45) is 1.61. The maximum atomic E-state index is 11.1. The van der Waals surface area contributed by atoms with E-state index in [0.29, 0.717) is 29.0 Å². The summed E-state index contributed by atoms with van der Waals surface area (Å²) in [7, 11) is 1.61. The minimum atomic E-state index is -0.0553. The van der Waals surface area contributed by atoms with E-state index in [1.807, 2.05) is 43.3 Å². The monoisotopic (exact) mass is 369 g/mol. The van der Waals surface area contributed by atoms with Crippen LogP contribution in [-0.4, -0.2) is 30.2 Å². The first kappa shape index (κ1) is 18.0. The summed E-state index contributed by atoms with van der Waals surface area (Å²) in [4.78, 5) is 11.1. The van der Waals surface area contributed by atoms with Crippen molar-refractivity contribution in [2.75, 3.05) is 12.9 Å². The zero-order chi connectivity index (χ0) is 18.4. The summed E-state index contributed by atoms with van der Waals surface area (Å²) in [6.45, 7) is 2.50. The van der Waals surface area contributed by atoms with Crippen molar-refractivity contribution in [2.45, 2.75) is 13.5 Å². The Morgan fingerprint density at radius 2 is 2.12 bits per heavy atom. The predicted octanol–water partition coefficient (Wildman–Crippen LogP) is 3.14. The molecule has 0 spiro atoms. The summed E-state index contributed by atoms with van der Waals surface area (Å²) < 4.78 is 11.3. The van der Waals surface area contributed by atoms with E-state index in [4.69, 9.17) is 9.47 Å². The molecule has 1 N–H and O–H groups in total. The van der Waals surface area contributed by atoms with Crippen LogP contribution in [0.5, 0.6) is 11.5 Å². The number of hydrogen-bond donors (Lipinski definition) is 1. The van der Waals surface area contributed by atoms with E-state index in [1.54, 1.807) is 13.3 Å². The molecule has 1 heterocycles. The van der Waals surface area contributed by atoms with E-state index >= 15 is 0 Å². The molecule has 7 heteroatoms. The molecule has 1 aliphatic rings. The van der Waals surface area contributed by atoms with Crippen molar-refractivity contribution >= 4 is 29.1 Å². The standard InChI is InChI=1S/C19H19N3O3S/c1-13-4-3-5-15(8-13)11-25-17-9-14(6-7-16(17)24-2)10-20-22-19-21-18(23)12-26-19/h3-10H,11-12H2,1-2H3,(H,21,22,23). The van der Waals surface area contributed by atoms with Gasteiger partial charge in [0.15, 0.2) is 16.7 Å². The van der Waals surface area contributed by atoms with Gasteiger partial charge in [-0.05, 0) is 36.2 Å². The minimum Gasteiger partial charge on any atom is -0.493 e. The number of benzene rings is 2. The molecule has 0 aliphatic carbocycles. The second-order valence-corrected chi connectivity index (χ2v) is 6.64. The highest BCUT2D eigenvalue weighted by Gasteiger charge is 2.15. The Balaban J connectivity index is 1.70. The highest BCUT2D eigenvalue weighted by molar-refractivity contribution is 8.15. The normalized spacial score (nSPS) is 15.5. The fourth-order valence-electron chi connectivity index (χ4n) is 2.38. The molecule has 0 radical (unpaired) electrons. The van der Waals surface area contributed by atoms with Crippen LogP contribution in [0.2, 0.25) is 0 Å². The first-order chi connectivity index (χ1) is 12.6. The second-order valence-electron chi connectivity index (χ2n) is 5.67. The molecule has 1 saturated heterocycles. The fraction of sp³-hybridized carbons (Fsp3) is 0.211. The van der Waals surface area contributed by atoms with E-state index < -0.39 is 0 Å². The van der Waals surface area contributed by atoms with E-state index in [0.717, 1.165) is 11.1 Å². The highest BCUT2D eigenvalue weighted by atomic mass is 32.2. The lowest BCUT2D eigenvalue weighted by Crippen LogP contribution is -2.19. The Morgan fingerprint density at radius 1 is 1.23 bits per heavy atom. The highest BCUT2D eigenvalue weighted by Crippen LogP contribution is 2.28. The summed E-state index contributed by atoms with van der Waals surface area (Å²) in [5, 5.41) is 11.1. The molecule has 3 rings (SSSR count). The van der Waals surface area contributed by atoms with Gasteiger partial charge in [0.05, 0.1) is 19.1 Å². The average Bonchev–Trinajstić information content (AvgIpc) is 3.05. The maximum absolute atomic E-state index is 11.1. The summed E-state index contributed by atoms with van der Waals surface area (Å²) in [5.41, 5.74) is 3.10. The number of amides is 1. The molecule has 26 heavy (non-hydrogen) atoms. The molecule has 134 valence electrons. The van der Waals surface area contributed by atoms with Crippen LogP contribution in [0.4, 0.5) is 0 Å². The van der Waals surface area contributed by atoms with E-state index in [-0.39, 0.29) is 5.91 Å². The number of carbonyl (C=O) groups is 1. The van der Waals surface area contributed by atoms with Crippen LogP contribution in [0, 0.1) is 6.92 Å². The fourth-order valence-corrected chi connectivity index (χ4v) is 3.01. The van der Waals surface area contributed by atoms with Crippen LogP contribution in [0.3, 0.4) is 0 Å². The molecule has 0 saturated carbocycles. The Bertz CT molecular complexity index is 865. The number of rotatable bonds is 6. The zero-order valence-corrected chi connectivity index (χ0v) is 15.4. The number of nitrogens with one attached hydrogen (secondary N) is 1. The molecule has 0 bridgehead atoms. The number of carbonyl (C=O) groups excluding carboxylic acids is 1. The molecule has 1 fully saturated rings. The Labute approximate surface area is 156 Å². The van der Waals surface area contributed by atoms with Gasteiger partial charge in [-0.2, -0.15) is 5.10 Å². The summed E-state index contributed by atoms with van der Waals surface area (Å²) >= 11 is 1.33. The number of thioether (sulfide) groups is 1. The Kier molecular flexibility index (Phi) is 5.91. The SMILES string of the molecule is COc1ccc(C=NN=C2NC(=O)CS2)cc1OCc1cccc(C)c1. The average molecular weight is 369 g/mol. The molecule has 2 aromatic carbocycles. The number of methoxy groups -OCH3 is 1. The van der Waals surface area contributed by atoms with Crippen molar-refractivity contribution in [3.63, 3.8) is 0 Å². The largest absolute Gasteiger partial charge is 0.493 e. The third-order valence-corrected chi connectivity index (χ3v) is 4.47. The van der Waals surface area contributed by atoms with Gasteiger partial charge in [0.1, 0.15) is 6.61 Å². The van der Waals surface area contributed by atoms with Crippen molar-refractivity contribution in [3.8, 4) is 11.5 Å². The smallest absolute Gasteiger partial charge is 0.236 e. The molecule has 0 unspecified atom stereocenters. The summed E-state index contributed by atoms with van der Waals surface area (Å²) in [5.74, 6) is 1.61. The third kappa shape index (κ3) is 4.86. The van der Waals surface area contributed by atoms with Crippen molar-refractivity contribution in [1.82, 2.24) is 5.32 Å². The number of amidine groups is 1. The Hall–Kier alpha value is -2.80. The lowest BCUT2D eigenvalue weighted by molar-refractivity contribution is -0.116. The molecule has 0 aromatic heterocycles. The van der Waals surface area contributed by atoms with Crippen LogP contribution in [0.1, 0.15) is 16.7 Å². The van der Waals surface area contributed by atoms with Gasteiger partial charge in [0.25, 0.3) is 0 Å². The van der Waals surface area contributed by atoms with Crippen LogP contribution >= 0.6 is 11.8 Å². The van der Waals surface area contributed by atoms with E-state index in [2.05, 4.69) is 21.6 Å². The molecule has 1 amide bonds. The first-order valence-corrected chi connectivity index (χ1v) is 9.02. The predicted molar refractivity (Wildman–Crippen MR) is 104 cm³/mol. The quantitative estimate of drug-likeness (QED) is 0.627. The van der Waals surface area contributed by atoms with Gasteiger partial charge in [-0.15, -0.1) is 5.10 Å². The van der Waals surface area contributed by atoms with Crippen molar-refractivity contribution in [3.05, 3.63) is 59.2 Å². The lowest BCUT2D eigenvalue weighted by atomic mass is 10.1. The van der Waals surface area contributed by atoms with Crippen molar-refractivity contribution in [1.29, 1.82) is 0 Å².